The molecule has 0 saturated heterocycles. The maximum atomic E-state index is 12.6. The summed E-state index contributed by atoms with van der Waals surface area (Å²) in [5, 5.41) is 20.8. The number of hydrogen-bond donors (Lipinski definition) is 2. The van der Waals surface area contributed by atoms with Crippen LogP contribution in [-0.4, -0.2) is 54.4 Å². The Balaban J connectivity index is 1.65. The van der Waals surface area contributed by atoms with Crippen LogP contribution in [0, 0.1) is 11.3 Å². The van der Waals surface area contributed by atoms with E-state index in [0.29, 0.717) is 6.42 Å². The first kappa shape index (κ1) is 23.8. The van der Waals surface area contributed by atoms with Crippen molar-refractivity contribution < 1.29 is 29.1 Å². The Morgan fingerprint density at radius 1 is 1.12 bits per heavy atom. The molecule has 0 aliphatic heterocycles. The van der Waals surface area contributed by atoms with Crippen molar-refractivity contribution in [3.05, 3.63) is 59.7 Å². The van der Waals surface area contributed by atoms with Crippen LogP contribution >= 0.6 is 0 Å². The number of alkyl carbamates (subject to hydrolysis) is 1. The number of fused-ring (bicyclic) bond motifs is 3. The first-order valence-corrected chi connectivity index (χ1v) is 10.5. The number of nitrogens with zero attached hydrogens (tertiary/aromatic N) is 2. The van der Waals surface area contributed by atoms with Gasteiger partial charge in [-0.05, 0) is 35.1 Å². The largest absolute Gasteiger partial charge is 0.479 e. The predicted octanol–water partition coefficient (Wildman–Crippen LogP) is 3.06. The minimum Gasteiger partial charge on any atom is -0.479 e. The zero-order valence-corrected chi connectivity index (χ0v) is 18.2. The number of nitriles is 1. The van der Waals surface area contributed by atoms with Crippen LogP contribution in [0.1, 0.15) is 36.3 Å². The fraction of sp³-hybridized carbons (Fsp3) is 0.333. The highest BCUT2D eigenvalue weighted by molar-refractivity contribution is 5.85. The van der Waals surface area contributed by atoms with E-state index in [4.69, 9.17) is 19.9 Å². The smallest absolute Gasteiger partial charge is 0.407 e. The summed E-state index contributed by atoms with van der Waals surface area (Å²) in [6, 6.07) is 16.8. The molecule has 2 N–H and O–H groups in total. The van der Waals surface area contributed by atoms with E-state index in [1.165, 1.54) is 7.05 Å². The summed E-state index contributed by atoms with van der Waals surface area (Å²) >= 11 is 0. The number of likely N-dealkylation sites (N-methyl/N-ethyl adjacent to an activating group) is 1. The van der Waals surface area contributed by atoms with E-state index >= 15 is 0 Å². The SMILES string of the molecule is CN(OCC(=O)O)C(=O)C(CCCC#N)NC(=O)OCC1c2ccccc2-c2ccccc21. The van der Waals surface area contributed by atoms with Gasteiger partial charge in [-0.2, -0.15) is 5.26 Å². The summed E-state index contributed by atoms with van der Waals surface area (Å²) in [7, 11) is 1.27. The van der Waals surface area contributed by atoms with Crippen LogP contribution in [-0.2, 0) is 19.2 Å². The molecule has 1 aliphatic rings. The van der Waals surface area contributed by atoms with Gasteiger partial charge in [0, 0.05) is 19.4 Å². The van der Waals surface area contributed by atoms with E-state index in [1.54, 1.807) is 0 Å². The second kappa shape index (κ2) is 11.1. The van der Waals surface area contributed by atoms with Gasteiger partial charge in [-0.15, -0.1) is 0 Å². The average Bonchev–Trinajstić information content (AvgIpc) is 3.14. The molecule has 172 valence electrons. The molecule has 9 heteroatoms. The number of hydroxylamine groups is 2. The monoisotopic (exact) mass is 451 g/mol. The molecule has 0 spiro atoms. The first-order chi connectivity index (χ1) is 15.9. The summed E-state index contributed by atoms with van der Waals surface area (Å²) in [6.45, 7) is -0.609. The lowest BCUT2D eigenvalue weighted by Gasteiger charge is -2.23. The van der Waals surface area contributed by atoms with Crippen LogP contribution in [0.4, 0.5) is 4.79 Å². The third-order valence-electron chi connectivity index (χ3n) is 5.41. The number of ether oxygens (including phenoxy) is 1. The predicted molar refractivity (Wildman–Crippen MR) is 118 cm³/mol. The van der Waals surface area contributed by atoms with Crippen molar-refractivity contribution in [2.24, 2.45) is 0 Å². The minimum atomic E-state index is -1.24. The highest BCUT2D eigenvalue weighted by Crippen LogP contribution is 2.44. The summed E-state index contributed by atoms with van der Waals surface area (Å²) in [5.41, 5.74) is 4.33. The Kier molecular flexibility index (Phi) is 8.00. The van der Waals surface area contributed by atoms with Crippen molar-refractivity contribution in [2.75, 3.05) is 20.3 Å². The number of carbonyl (C=O) groups is 3. The fourth-order valence-electron chi connectivity index (χ4n) is 3.86. The van der Waals surface area contributed by atoms with Crippen LogP contribution in [0.5, 0.6) is 0 Å². The van der Waals surface area contributed by atoms with Gasteiger partial charge in [-0.3, -0.25) is 9.63 Å². The molecular weight excluding hydrogens is 426 g/mol. The van der Waals surface area contributed by atoms with Crippen LogP contribution < -0.4 is 5.32 Å². The third kappa shape index (κ3) is 5.87. The lowest BCUT2D eigenvalue weighted by atomic mass is 9.98. The van der Waals surface area contributed by atoms with Gasteiger partial charge in [0.1, 0.15) is 12.6 Å². The number of benzene rings is 2. The Hall–Kier alpha value is -3.90. The Morgan fingerprint density at radius 3 is 2.30 bits per heavy atom. The molecule has 2 amide bonds. The van der Waals surface area contributed by atoms with Gasteiger partial charge in [0.05, 0.1) is 6.07 Å². The van der Waals surface area contributed by atoms with Gasteiger partial charge in [-0.25, -0.2) is 14.7 Å². The Labute approximate surface area is 191 Å². The quantitative estimate of drug-likeness (QED) is 0.419. The van der Waals surface area contributed by atoms with Crippen molar-refractivity contribution in [3.8, 4) is 17.2 Å². The number of nitrogens with one attached hydrogen (secondary N) is 1. The zero-order chi connectivity index (χ0) is 23.8. The van der Waals surface area contributed by atoms with Gasteiger partial charge < -0.3 is 15.2 Å². The normalized spacial score (nSPS) is 12.7. The standard InChI is InChI=1S/C24H25N3O6/c1-27(33-15-22(28)29)23(30)21(12-6-7-13-25)26-24(31)32-14-20-18-10-4-2-8-16(18)17-9-3-5-11-19(17)20/h2-5,8-11,20-21H,6-7,12,14-15H2,1H3,(H,26,31)(H,28,29). The highest BCUT2D eigenvalue weighted by atomic mass is 16.7. The van der Waals surface area contributed by atoms with E-state index in [2.05, 4.69) is 5.32 Å². The molecule has 1 unspecified atom stereocenters. The number of aliphatic carboxylic acids is 1. The van der Waals surface area contributed by atoms with Crippen LogP contribution in [0.25, 0.3) is 11.1 Å². The molecule has 1 atom stereocenters. The number of carboxylic acid groups (broad SMARTS) is 1. The number of amides is 2. The number of rotatable bonds is 10. The van der Waals surface area contributed by atoms with Crippen molar-refractivity contribution in [1.82, 2.24) is 10.4 Å². The number of carbonyl (C=O) groups excluding carboxylic acids is 2. The van der Waals surface area contributed by atoms with Crippen LogP contribution in [0.2, 0.25) is 0 Å². The molecule has 9 nitrogen and oxygen atoms in total. The number of unbranched alkanes of at least 4 members (excludes halogenated alkanes) is 1. The maximum absolute atomic E-state index is 12.6. The van der Waals surface area contributed by atoms with E-state index in [1.807, 2.05) is 54.6 Å². The van der Waals surface area contributed by atoms with E-state index in [-0.39, 0.29) is 25.4 Å². The number of carboxylic acids is 1. The van der Waals surface area contributed by atoms with Crippen LogP contribution in [0.3, 0.4) is 0 Å². The average molecular weight is 451 g/mol. The molecule has 0 saturated carbocycles. The molecule has 0 bridgehead atoms. The van der Waals surface area contributed by atoms with Gasteiger partial charge in [0.2, 0.25) is 0 Å². The molecule has 33 heavy (non-hydrogen) atoms. The van der Waals surface area contributed by atoms with Crippen molar-refractivity contribution in [2.45, 2.75) is 31.2 Å². The molecular formula is C24H25N3O6. The summed E-state index contributed by atoms with van der Waals surface area (Å²) in [6.07, 6.45) is -0.0323. The van der Waals surface area contributed by atoms with Gasteiger partial charge in [0.25, 0.3) is 5.91 Å². The fourth-order valence-corrected chi connectivity index (χ4v) is 3.86. The minimum absolute atomic E-state index is 0.0876. The van der Waals surface area contributed by atoms with Crippen molar-refractivity contribution >= 4 is 18.0 Å². The zero-order valence-electron chi connectivity index (χ0n) is 18.2. The third-order valence-corrected chi connectivity index (χ3v) is 5.41. The van der Waals surface area contributed by atoms with Gasteiger partial charge in [0.15, 0.2) is 6.61 Å². The van der Waals surface area contributed by atoms with Gasteiger partial charge >= 0.3 is 12.1 Å². The van der Waals surface area contributed by atoms with Gasteiger partial charge in [-0.1, -0.05) is 48.5 Å². The van der Waals surface area contributed by atoms with Crippen molar-refractivity contribution in [1.29, 1.82) is 5.26 Å². The highest BCUT2D eigenvalue weighted by Gasteiger charge is 2.30. The molecule has 0 fully saturated rings. The summed E-state index contributed by atoms with van der Waals surface area (Å²) < 4.78 is 5.48. The van der Waals surface area contributed by atoms with Crippen molar-refractivity contribution in [3.63, 3.8) is 0 Å². The molecule has 2 aromatic carbocycles. The summed E-state index contributed by atoms with van der Waals surface area (Å²) in [5.74, 6) is -2.00. The molecule has 0 radical (unpaired) electrons. The second-order valence-corrected chi connectivity index (χ2v) is 7.58. The molecule has 3 rings (SSSR count). The molecule has 0 heterocycles. The maximum Gasteiger partial charge on any atom is 0.407 e. The number of hydrogen-bond acceptors (Lipinski definition) is 6. The van der Waals surface area contributed by atoms with E-state index in [9.17, 15) is 14.4 Å². The topological polar surface area (TPSA) is 129 Å². The van der Waals surface area contributed by atoms with Crippen LogP contribution in [0.15, 0.2) is 48.5 Å². The Morgan fingerprint density at radius 2 is 1.73 bits per heavy atom. The Bertz CT molecular complexity index is 1020. The first-order valence-electron chi connectivity index (χ1n) is 10.5. The van der Waals surface area contributed by atoms with E-state index in [0.717, 1.165) is 27.3 Å². The van der Waals surface area contributed by atoms with E-state index < -0.39 is 30.6 Å². The molecule has 0 aromatic heterocycles. The second-order valence-electron chi connectivity index (χ2n) is 7.58. The lowest BCUT2D eigenvalue weighted by Crippen LogP contribution is -2.48. The lowest BCUT2D eigenvalue weighted by molar-refractivity contribution is -0.187. The molecule has 2 aromatic rings. The molecule has 1 aliphatic carbocycles. The summed E-state index contributed by atoms with van der Waals surface area (Å²) in [4.78, 5) is 40.7.